The van der Waals surface area contributed by atoms with Crippen molar-refractivity contribution < 1.29 is 9.18 Å². The highest BCUT2D eigenvalue weighted by molar-refractivity contribution is 5.94. The van der Waals surface area contributed by atoms with Gasteiger partial charge < -0.3 is 5.32 Å². The molecule has 5 heteroatoms. The number of halogens is 1. The molecule has 132 valence electrons. The minimum Gasteiger partial charge on any atom is -0.322 e. The van der Waals surface area contributed by atoms with Gasteiger partial charge in [0, 0.05) is 32.7 Å². The second kappa shape index (κ2) is 8.23. The molecular weight excluding hydrogens is 317 g/mol. The summed E-state index contributed by atoms with van der Waals surface area (Å²) in [7, 11) is 0. The van der Waals surface area contributed by atoms with Crippen molar-refractivity contribution in [1.82, 2.24) is 9.80 Å². The first-order valence-electron chi connectivity index (χ1n) is 8.69. The van der Waals surface area contributed by atoms with E-state index in [1.165, 1.54) is 11.6 Å². The largest absolute Gasteiger partial charge is 0.322 e. The number of benzene rings is 2. The summed E-state index contributed by atoms with van der Waals surface area (Å²) >= 11 is 0. The summed E-state index contributed by atoms with van der Waals surface area (Å²) in [5.41, 5.74) is 1.54. The molecule has 1 atom stereocenters. The van der Waals surface area contributed by atoms with E-state index in [9.17, 15) is 9.18 Å². The standard InChI is InChI=1S/C20H24FN3O/c1-16(20(25)22-19-10-6-5-9-18(19)21)24-13-11-23(12-14-24)15-17-7-3-2-4-8-17/h2-10,16H,11-15H2,1H3,(H,22,25). The van der Waals surface area contributed by atoms with Gasteiger partial charge in [-0.1, -0.05) is 42.5 Å². The predicted molar refractivity (Wildman–Crippen MR) is 97.8 cm³/mol. The lowest BCUT2D eigenvalue weighted by Gasteiger charge is -2.37. The minimum atomic E-state index is -0.407. The van der Waals surface area contributed by atoms with E-state index in [1.807, 2.05) is 13.0 Å². The number of nitrogens with one attached hydrogen (secondary N) is 1. The summed E-state index contributed by atoms with van der Waals surface area (Å²) in [6.45, 7) is 6.32. The summed E-state index contributed by atoms with van der Waals surface area (Å²) in [6.07, 6.45) is 0. The molecule has 1 unspecified atom stereocenters. The van der Waals surface area contributed by atoms with Crippen LogP contribution < -0.4 is 5.32 Å². The molecule has 3 rings (SSSR count). The van der Waals surface area contributed by atoms with Gasteiger partial charge in [0.25, 0.3) is 0 Å². The predicted octanol–water partition coefficient (Wildman–Crippen LogP) is 2.97. The van der Waals surface area contributed by atoms with Crippen LogP contribution in [0.5, 0.6) is 0 Å². The number of nitrogens with zero attached hydrogens (tertiary/aromatic N) is 2. The number of anilines is 1. The van der Waals surface area contributed by atoms with Crippen molar-refractivity contribution in [1.29, 1.82) is 0 Å². The first-order valence-corrected chi connectivity index (χ1v) is 8.69. The third kappa shape index (κ3) is 4.65. The topological polar surface area (TPSA) is 35.6 Å². The molecule has 1 heterocycles. The van der Waals surface area contributed by atoms with E-state index < -0.39 is 5.82 Å². The molecule has 0 aliphatic carbocycles. The van der Waals surface area contributed by atoms with Gasteiger partial charge in [0.2, 0.25) is 5.91 Å². The molecule has 1 aliphatic heterocycles. The average molecular weight is 341 g/mol. The molecule has 0 aromatic heterocycles. The fourth-order valence-electron chi connectivity index (χ4n) is 3.12. The van der Waals surface area contributed by atoms with Gasteiger partial charge in [-0.25, -0.2) is 4.39 Å². The monoisotopic (exact) mass is 341 g/mol. The highest BCUT2D eigenvalue weighted by atomic mass is 19.1. The fourth-order valence-corrected chi connectivity index (χ4v) is 3.12. The molecule has 0 spiro atoms. The van der Waals surface area contributed by atoms with E-state index in [1.54, 1.807) is 18.2 Å². The number of para-hydroxylation sites is 1. The normalized spacial score (nSPS) is 17.2. The van der Waals surface area contributed by atoms with Gasteiger partial charge in [-0.15, -0.1) is 0 Å². The van der Waals surface area contributed by atoms with Crippen LogP contribution in [0.25, 0.3) is 0 Å². The van der Waals surface area contributed by atoms with Gasteiger partial charge in [0.1, 0.15) is 5.82 Å². The van der Waals surface area contributed by atoms with E-state index in [0.29, 0.717) is 0 Å². The SMILES string of the molecule is CC(C(=O)Nc1ccccc1F)N1CCN(Cc2ccccc2)CC1. The molecule has 2 aromatic carbocycles. The highest BCUT2D eigenvalue weighted by Crippen LogP contribution is 2.15. The highest BCUT2D eigenvalue weighted by Gasteiger charge is 2.26. The van der Waals surface area contributed by atoms with Crippen molar-refractivity contribution in [3.05, 3.63) is 66.0 Å². The Kier molecular flexibility index (Phi) is 5.79. The van der Waals surface area contributed by atoms with E-state index >= 15 is 0 Å². The summed E-state index contributed by atoms with van der Waals surface area (Å²) in [5, 5.41) is 2.69. The zero-order valence-electron chi connectivity index (χ0n) is 14.5. The van der Waals surface area contributed by atoms with Crippen molar-refractivity contribution in [3.63, 3.8) is 0 Å². The molecule has 1 aliphatic rings. The second-order valence-electron chi connectivity index (χ2n) is 6.44. The Morgan fingerprint density at radius 2 is 1.68 bits per heavy atom. The number of hydrogen-bond acceptors (Lipinski definition) is 3. The fraction of sp³-hybridized carbons (Fsp3) is 0.350. The van der Waals surface area contributed by atoms with Crippen LogP contribution in [0.4, 0.5) is 10.1 Å². The number of carbonyl (C=O) groups is 1. The van der Waals surface area contributed by atoms with Crippen LogP contribution in [0.1, 0.15) is 12.5 Å². The third-order valence-corrected chi connectivity index (χ3v) is 4.71. The van der Waals surface area contributed by atoms with Crippen molar-refractivity contribution in [2.24, 2.45) is 0 Å². The molecule has 1 N–H and O–H groups in total. The molecule has 25 heavy (non-hydrogen) atoms. The van der Waals surface area contributed by atoms with Crippen LogP contribution in [0.3, 0.4) is 0 Å². The number of piperazine rings is 1. The van der Waals surface area contributed by atoms with Crippen LogP contribution in [0.2, 0.25) is 0 Å². The Bertz CT molecular complexity index is 699. The second-order valence-corrected chi connectivity index (χ2v) is 6.44. The molecule has 1 fully saturated rings. The molecule has 2 aromatic rings. The maximum atomic E-state index is 13.7. The molecule has 1 saturated heterocycles. The number of carbonyl (C=O) groups excluding carboxylic acids is 1. The van der Waals surface area contributed by atoms with Crippen LogP contribution >= 0.6 is 0 Å². The number of rotatable bonds is 5. The van der Waals surface area contributed by atoms with Crippen LogP contribution in [0, 0.1) is 5.82 Å². The molecule has 1 amide bonds. The van der Waals surface area contributed by atoms with Crippen LogP contribution in [-0.4, -0.2) is 47.9 Å². The lowest BCUT2D eigenvalue weighted by Crippen LogP contribution is -2.52. The maximum absolute atomic E-state index is 13.7. The average Bonchev–Trinajstić information content (AvgIpc) is 2.64. The first kappa shape index (κ1) is 17.6. The lowest BCUT2D eigenvalue weighted by molar-refractivity contribution is -0.121. The number of hydrogen-bond donors (Lipinski definition) is 1. The smallest absolute Gasteiger partial charge is 0.241 e. The summed E-state index contributed by atoms with van der Waals surface area (Å²) in [5.74, 6) is -0.572. The quantitative estimate of drug-likeness (QED) is 0.908. The van der Waals surface area contributed by atoms with Gasteiger partial charge in [0.15, 0.2) is 0 Å². The Balaban J connectivity index is 1.50. The molecule has 0 saturated carbocycles. The van der Waals surface area contributed by atoms with Gasteiger partial charge in [-0.2, -0.15) is 0 Å². The Labute approximate surface area is 148 Å². The van der Waals surface area contributed by atoms with Crippen molar-refractivity contribution in [2.75, 3.05) is 31.5 Å². The Hall–Kier alpha value is -2.24. The summed E-state index contributed by atoms with van der Waals surface area (Å²) in [4.78, 5) is 17.0. The molecule has 0 radical (unpaired) electrons. The molecular formula is C20H24FN3O. The summed E-state index contributed by atoms with van der Waals surface area (Å²) < 4.78 is 13.7. The first-order chi connectivity index (χ1) is 12.1. The van der Waals surface area contributed by atoms with Gasteiger partial charge >= 0.3 is 0 Å². The van der Waals surface area contributed by atoms with Crippen LogP contribution in [0.15, 0.2) is 54.6 Å². The Morgan fingerprint density at radius 1 is 1.04 bits per heavy atom. The van der Waals surface area contributed by atoms with Crippen LogP contribution in [-0.2, 0) is 11.3 Å². The van der Waals surface area contributed by atoms with E-state index in [4.69, 9.17) is 0 Å². The summed E-state index contributed by atoms with van der Waals surface area (Å²) in [6, 6.07) is 16.4. The minimum absolute atomic E-state index is 0.165. The van der Waals surface area contributed by atoms with E-state index in [-0.39, 0.29) is 17.6 Å². The molecule has 4 nitrogen and oxygen atoms in total. The van der Waals surface area contributed by atoms with Gasteiger partial charge in [-0.05, 0) is 24.6 Å². The van der Waals surface area contributed by atoms with E-state index in [2.05, 4.69) is 39.4 Å². The zero-order valence-corrected chi connectivity index (χ0v) is 14.5. The number of amides is 1. The van der Waals surface area contributed by atoms with Gasteiger partial charge in [-0.3, -0.25) is 14.6 Å². The van der Waals surface area contributed by atoms with Crippen molar-refractivity contribution in [2.45, 2.75) is 19.5 Å². The maximum Gasteiger partial charge on any atom is 0.241 e. The Morgan fingerprint density at radius 3 is 2.36 bits per heavy atom. The van der Waals surface area contributed by atoms with Crippen molar-refractivity contribution in [3.8, 4) is 0 Å². The zero-order chi connectivity index (χ0) is 17.6. The van der Waals surface area contributed by atoms with E-state index in [0.717, 1.165) is 32.7 Å². The van der Waals surface area contributed by atoms with Gasteiger partial charge in [0.05, 0.1) is 11.7 Å². The third-order valence-electron chi connectivity index (χ3n) is 4.71. The molecule has 0 bridgehead atoms. The lowest BCUT2D eigenvalue weighted by atomic mass is 10.1. The van der Waals surface area contributed by atoms with Crippen molar-refractivity contribution >= 4 is 11.6 Å².